The molecule has 3 heterocycles. The van der Waals surface area contributed by atoms with Gasteiger partial charge in [-0.15, -0.1) is 0 Å². The fourth-order valence-electron chi connectivity index (χ4n) is 6.19. The molecule has 8 nitrogen and oxygen atoms in total. The Kier molecular flexibility index (Phi) is 5.74. The number of nitrogens with zero attached hydrogens (tertiary/aromatic N) is 4. The molecule has 0 spiro atoms. The Morgan fingerprint density at radius 1 is 1.18 bits per heavy atom. The van der Waals surface area contributed by atoms with Gasteiger partial charge in [0.2, 0.25) is 0 Å². The number of H-pyrrole nitrogens is 1. The third kappa shape index (κ3) is 3.85. The van der Waals surface area contributed by atoms with Crippen LogP contribution in [0.2, 0.25) is 0 Å². The molecule has 2 fully saturated rings. The van der Waals surface area contributed by atoms with Crippen molar-refractivity contribution in [3.63, 3.8) is 0 Å². The van der Waals surface area contributed by atoms with Gasteiger partial charge in [-0.2, -0.15) is 23.5 Å². The molecule has 0 radical (unpaired) electrons. The van der Waals surface area contributed by atoms with Crippen molar-refractivity contribution in [3.05, 3.63) is 51.9 Å². The molecule has 3 aliphatic rings. The number of benzene rings is 1. The minimum atomic E-state index is -4.51. The number of carbonyl (C=O) groups excluding carboxylic acids is 1. The van der Waals surface area contributed by atoms with E-state index in [0.717, 1.165) is 24.2 Å². The van der Waals surface area contributed by atoms with Crippen LogP contribution in [-0.2, 0) is 6.54 Å². The highest BCUT2D eigenvalue weighted by molar-refractivity contribution is 6.00. The molecule has 1 atom stereocenters. The van der Waals surface area contributed by atoms with Crippen LogP contribution in [0.4, 0.5) is 24.7 Å². The fraction of sp³-hybridized carbons (Fsp3) is 0.481. The second kappa shape index (κ2) is 8.89. The quantitative estimate of drug-likeness (QED) is 0.440. The number of aromatic nitrogens is 3. The Bertz CT molecular complexity index is 1510. The maximum Gasteiger partial charge on any atom is 0.411 e. The van der Waals surface area contributed by atoms with Crippen molar-refractivity contribution in [2.45, 2.75) is 75.7 Å². The molecular weight excluding hydrogens is 497 g/mol. The molecule has 1 aliphatic heterocycles. The summed E-state index contributed by atoms with van der Waals surface area (Å²) in [5, 5.41) is 17.5. The summed E-state index contributed by atoms with van der Waals surface area (Å²) in [4.78, 5) is 29.6. The molecule has 198 valence electrons. The first-order valence-corrected chi connectivity index (χ1v) is 13.0. The molecule has 1 unspecified atom stereocenters. The number of anilines is 2. The average Bonchev–Trinajstić information content (AvgIpc) is 3.59. The van der Waals surface area contributed by atoms with Gasteiger partial charge in [0.15, 0.2) is 5.82 Å². The monoisotopic (exact) mass is 524 g/mol. The lowest BCUT2D eigenvalue weighted by Crippen LogP contribution is -2.59. The van der Waals surface area contributed by atoms with Crippen molar-refractivity contribution in [1.82, 2.24) is 19.7 Å². The van der Waals surface area contributed by atoms with Crippen LogP contribution in [0.25, 0.3) is 10.9 Å². The Morgan fingerprint density at radius 3 is 2.63 bits per heavy atom. The average molecular weight is 525 g/mol. The van der Waals surface area contributed by atoms with Crippen LogP contribution >= 0.6 is 0 Å². The van der Waals surface area contributed by atoms with Crippen molar-refractivity contribution in [2.24, 2.45) is 5.92 Å². The van der Waals surface area contributed by atoms with E-state index in [-0.39, 0.29) is 43.0 Å². The summed E-state index contributed by atoms with van der Waals surface area (Å²) in [6.07, 6.45) is 0.719. The lowest BCUT2D eigenvalue weighted by molar-refractivity contribution is -0.233. The molecular formula is C27H27F3N6O2. The van der Waals surface area contributed by atoms with E-state index in [2.05, 4.69) is 21.5 Å². The van der Waals surface area contributed by atoms with Gasteiger partial charge in [0, 0.05) is 24.0 Å². The Hall–Kier alpha value is -3.81. The van der Waals surface area contributed by atoms with Crippen LogP contribution in [0.1, 0.15) is 73.3 Å². The lowest BCUT2D eigenvalue weighted by Gasteiger charge is -2.45. The molecule has 2 aromatic heterocycles. The molecule has 38 heavy (non-hydrogen) atoms. The fourth-order valence-corrected chi connectivity index (χ4v) is 6.19. The number of rotatable bonds is 6. The minimum absolute atomic E-state index is 0.0849. The first-order chi connectivity index (χ1) is 18.2. The number of aromatic amines is 1. The van der Waals surface area contributed by atoms with Crippen LogP contribution in [0.15, 0.2) is 35.3 Å². The summed E-state index contributed by atoms with van der Waals surface area (Å²) in [6.45, 7) is -0.120. The van der Waals surface area contributed by atoms with Crippen LogP contribution in [0.5, 0.6) is 0 Å². The second-order valence-corrected chi connectivity index (χ2v) is 10.6. The maximum absolute atomic E-state index is 14.3. The number of hydrogen-bond acceptors (Lipinski definition) is 5. The van der Waals surface area contributed by atoms with Crippen molar-refractivity contribution in [1.29, 1.82) is 5.26 Å². The SMILES string of the molecule is N#CCC(C1CC1)n1nc(Nc2ccc3c(c2)CN(C2(C(F)(F)F)CCCCC2)C3=O)c2c(=O)[nH]ccc21. The van der Waals surface area contributed by atoms with E-state index in [1.54, 1.807) is 35.1 Å². The molecule has 2 N–H and O–H groups in total. The Balaban J connectivity index is 1.34. The normalized spacial score (nSPS) is 19.8. The molecule has 1 aromatic carbocycles. The van der Waals surface area contributed by atoms with Crippen molar-refractivity contribution < 1.29 is 18.0 Å². The minimum Gasteiger partial charge on any atom is -0.338 e. The molecule has 1 amide bonds. The predicted octanol–water partition coefficient (Wildman–Crippen LogP) is 5.55. The lowest BCUT2D eigenvalue weighted by atomic mass is 9.79. The maximum atomic E-state index is 14.3. The number of fused-ring (bicyclic) bond motifs is 2. The van der Waals surface area contributed by atoms with Gasteiger partial charge >= 0.3 is 6.18 Å². The molecule has 6 rings (SSSR count). The van der Waals surface area contributed by atoms with Gasteiger partial charge in [-0.25, -0.2) is 0 Å². The summed E-state index contributed by atoms with van der Waals surface area (Å²) in [5.41, 5.74) is -0.588. The Morgan fingerprint density at radius 2 is 1.95 bits per heavy atom. The summed E-state index contributed by atoms with van der Waals surface area (Å²) in [5.74, 6) is 0.0222. The predicted molar refractivity (Wildman–Crippen MR) is 134 cm³/mol. The van der Waals surface area contributed by atoms with E-state index < -0.39 is 17.6 Å². The Labute approximate surface area is 216 Å². The second-order valence-electron chi connectivity index (χ2n) is 10.6. The number of halogens is 3. The van der Waals surface area contributed by atoms with Crippen molar-refractivity contribution >= 4 is 28.3 Å². The van der Waals surface area contributed by atoms with Gasteiger partial charge in [0.25, 0.3) is 11.5 Å². The van der Waals surface area contributed by atoms with E-state index in [9.17, 15) is 28.0 Å². The van der Waals surface area contributed by atoms with E-state index >= 15 is 0 Å². The molecule has 2 aliphatic carbocycles. The van der Waals surface area contributed by atoms with E-state index in [4.69, 9.17) is 0 Å². The van der Waals surface area contributed by atoms with Crippen LogP contribution < -0.4 is 10.9 Å². The zero-order valence-electron chi connectivity index (χ0n) is 20.6. The van der Waals surface area contributed by atoms with Gasteiger partial charge in [-0.3, -0.25) is 14.3 Å². The topological polar surface area (TPSA) is 107 Å². The van der Waals surface area contributed by atoms with Crippen LogP contribution in [-0.4, -0.2) is 37.3 Å². The van der Waals surface area contributed by atoms with E-state index in [1.165, 1.54) is 0 Å². The molecule has 3 aromatic rings. The summed E-state index contributed by atoms with van der Waals surface area (Å²) in [7, 11) is 0. The van der Waals surface area contributed by atoms with Gasteiger partial charge in [-0.1, -0.05) is 19.3 Å². The van der Waals surface area contributed by atoms with Crippen LogP contribution in [0, 0.1) is 17.2 Å². The number of nitriles is 1. The number of alkyl halides is 3. The van der Waals surface area contributed by atoms with Crippen molar-refractivity contribution in [2.75, 3.05) is 5.32 Å². The van der Waals surface area contributed by atoms with Gasteiger partial charge in [0.1, 0.15) is 10.9 Å². The number of carbonyl (C=O) groups is 1. The van der Waals surface area contributed by atoms with Crippen LogP contribution in [0.3, 0.4) is 0 Å². The summed E-state index contributed by atoms with van der Waals surface area (Å²) < 4.78 is 44.7. The number of amides is 1. The number of nitrogens with one attached hydrogen (secondary N) is 2. The van der Waals surface area contributed by atoms with Gasteiger partial charge < -0.3 is 15.2 Å². The third-order valence-corrected chi connectivity index (χ3v) is 8.31. The third-order valence-electron chi connectivity index (χ3n) is 8.31. The number of pyridine rings is 1. The first kappa shape index (κ1) is 24.5. The summed E-state index contributed by atoms with van der Waals surface area (Å²) >= 11 is 0. The van der Waals surface area contributed by atoms with E-state index in [0.29, 0.717) is 46.7 Å². The summed E-state index contributed by atoms with van der Waals surface area (Å²) in [6, 6.07) is 8.64. The van der Waals surface area contributed by atoms with E-state index in [1.807, 2.05) is 0 Å². The molecule has 0 saturated heterocycles. The molecule has 0 bridgehead atoms. The molecule has 2 saturated carbocycles. The zero-order valence-corrected chi connectivity index (χ0v) is 20.6. The highest BCUT2D eigenvalue weighted by atomic mass is 19.4. The first-order valence-electron chi connectivity index (χ1n) is 13.0. The zero-order chi connectivity index (χ0) is 26.7. The highest BCUT2D eigenvalue weighted by Gasteiger charge is 2.61. The van der Waals surface area contributed by atoms with Gasteiger partial charge in [-0.05, 0) is 61.4 Å². The van der Waals surface area contributed by atoms with Crippen molar-refractivity contribution in [3.8, 4) is 6.07 Å². The standard InChI is InChI=1S/C27H27F3N6O2/c28-27(29,30)26(10-2-1-3-11-26)35-15-17-14-18(6-7-19(17)25(35)38)33-23-22-21(9-13-32-24(22)37)36(34-23)20(8-12-31)16-4-5-16/h6-7,9,13-14,16,20H,1-5,8,10-11,15H2,(H,32,37)(H,33,34). The van der Waals surface area contributed by atoms with Gasteiger partial charge in [0.05, 0.1) is 24.0 Å². The highest BCUT2D eigenvalue weighted by Crippen LogP contribution is 2.49. The largest absolute Gasteiger partial charge is 0.411 e. The smallest absolute Gasteiger partial charge is 0.338 e. The molecule has 11 heteroatoms. The number of hydrogen-bond donors (Lipinski definition) is 2.